The Morgan fingerprint density at radius 2 is 2.12 bits per heavy atom. The van der Waals surface area contributed by atoms with Crippen molar-refractivity contribution in [3.8, 4) is 5.75 Å². The number of nitrogens with one attached hydrogen (secondary N) is 1. The van der Waals surface area contributed by atoms with Gasteiger partial charge in [0.2, 0.25) is 5.71 Å². The lowest BCUT2D eigenvalue weighted by atomic mass is 10.1. The van der Waals surface area contributed by atoms with E-state index in [0.29, 0.717) is 25.0 Å². The van der Waals surface area contributed by atoms with Crippen LogP contribution in [0.4, 0.5) is 0 Å². The van der Waals surface area contributed by atoms with E-state index < -0.39 is 0 Å². The molecule has 0 saturated carbocycles. The Hall–Kier alpha value is -3.17. The van der Waals surface area contributed by atoms with Gasteiger partial charge in [0.15, 0.2) is 0 Å². The van der Waals surface area contributed by atoms with Gasteiger partial charge >= 0.3 is 0 Å². The molecule has 3 aromatic rings. The van der Waals surface area contributed by atoms with Crippen molar-refractivity contribution in [1.29, 1.82) is 0 Å². The Labute approximate surface area is 192 Å². The summed E-state index contributed by atoms with van der Waals surface area (Å²) in [6, 6.07) is 8.18. The number of fused-ring (bicyclic) bond motifs is 1. The average molecular weight is 455 g/mol. The van der Waals surface area contributed by atoms with Crippen molar-refractivity contribution in [2.75, 3.05) is 33.4 Å². The van der Waals surface area contributed by atoms with Gasteiger partial charge in [0.1, 0.15) is 29.8 Å². The molecule has 1 aliphatic rings. The maximum Gasteiger partial charge on any atom is 0.265 e. The fourth-order valence-corrected chi connectivity index (χ4v) is 4.09. The largest absolute Gasteiger partial charge is 0.492 e. The molecular weight excluding hydrogens is 424 g/mol. The average Bonchev–Trinajstić information content (AvgIpc) is 3.17. The first-order valence-electron chi connectivity index (χ1n) is 11.2. The number of hydrogen-bond acceptors (Lipinski definition) is 7. The number of aromatic nitrogens is 2. The summed E-state index contributed by atoms with van der Waals surface area (Å²) in [7, 11) is 3.71. The fourth-order valence-electron chi connectivity index (χ4n) is 4.09. The standard InChI is InChI=1S/C24H30N4O5/c1-16-20(21-23(33-16)26-15-28(3)24(21)30)22(29)25-14-17-5-4-6-19(13-17)32-12-9-27(2)18-7-10-31-11-8-18/h4-6,13,15,18H,7-12,14H2,1-3H3,(H,25,29). The molecule has 3 heterocycles. The first-order valence-corrected chi connectivity index (χ1v) is 11.2. The summed E-state index contributed by atoms with van der Waals surface area (Å²) >= 11 is 0. The second kappa shape index (κ2) is 10.2. The lowest BCUT2D eigenvalue weighted by Gasteiger charge is -2.31. The Morgan fingerprint density at radius 1 is 1.33 bits per heavy atom. The zero-order chi connectivity index (χ0) is 23.4. The van der Waals surface area contributed by atoms with E-state index >= 15 is 0 Å². The number of amides is 1. The number of rotatable bonds is 8. The van der Waals surface area contributed by atoms with Gasteiger partial charge in [-0.25, -0.2) is 4.98 Å². The zero-order valence-electron chi connectivity index (χ0n) is 19.3. The Morgan fingerprint density at radius 3 is 2.91 bits per heavy atom. The highest BCUT2D eigenvalue weighted by Gasteiger charge is 2.22. The summed E-state index contributed by atoms with van der Waals surface area (Å²) in [5.41, 5.74) is 0.974. The van der Waals surface area contributed by atoms with Crippen molar-refractivity contribution < 1.29 is 18.7 Å². The molecule has 0 bridgehead atoms. The van der Waals surface area contributed by atoms with Gasteiger partial charge < -0.3 is 23.8 Å². The van der Waals surface area contributed by atoms with Crippen LogP contribution in [0.15, 0.2) is 39.8 Å². The number of furan rings is 1. The lowest BCUT2D eigenvalue weighted by molar-refractivity contribution is 0.0392. The molecule has 2 aromatic heterocycles. The Balaban J connectivity index is 1.35. The third-order valence-electron chi connectivity index (χ3n) is 6.05. The number of ether oxygens (including phenoxy) is 2. The highest BCUT2D eigenvalue weighted by atomic mass is 16.5. The zero-order valence-corrected chi connectivity index (χ0v) is 19.3. The molecule has 1 aromatic carbocycles. The van der Waals surface area contributed by atoms with E-state index in [0.717, 1.165) is 43.9 Å². The van der Waals surface area contributed by atoms with Crippen LogP contribution in [-0.4, -0.2) is 59.8 Å². The van der Waals surface area contributed by atoms with Crippen molar-refractivity contribution in [3.05, 3.63) is 57.8 Å². The molecule has 0 atom stereocenters. The summed E-state index contributed by atoms with van der Waals surface area (Å²) < 4.78 is 18.2. The number of aryl methyl sites for hydroxylation is 2. The van der Waals surface area contributed by atoms with Gasteiger partial charge in [0.25, 0.3) is 11.5 Å². The SMILES string of the molecule is Cc1oc2ncn(C)c(=O)c2c1C(=O)NCc1cccc(OCCN(C)C2CCOCC2)c1. The molecule has 1 saturated heterocycles. The monoisotopic (exact) mass is 454 g/mol. The fraction of sp³-hybridized carbons (Fsp3) is 0.458. The van der Waals surface area contributed by atoms with E-state index in [2.05, 4.69) is 22.2 Å². The van der Waals surface area contributed by atoms with Crippen molar-refractivity contribution >= 4 is 17.0 Å². The van der Waals surface area contributed by atoms with Crippen molar-refractivity contribution in [2.45, 2.75) is 32.4 Å². The maximum absolute atomic E-state index is 12.9. The van der Waals surface area contributed by atoms with Crippen LogP contribution in [0.3, 0.4) is 0 Å². The van der Waals surface area contributed by atoms with Gasteiger partial charge in [-0.2, -0.15) is 0 Å². The highest BCUT2D eigenvalue weighted by molar-refractivity contribution is 6.06. The maximum atomic E-state index is 12.9. The number of likely N-dealkylation sites (N-methyl/N-ethyl adjacent to an activating group) is 1. The minimum absolute atomic E-state index is 0.168. The van der Waals surface area contributed by atoms with Crippen LogP contribution in [-0.2, 0) is 18.3 Å². The molecule has 9 heteroatoms. The van der Waals surface area contributed by atoms with E-state index in [4.69, 9.17) is 13.9 Å². The summed E-state index contributed by atoms with van der Waals surface area (Å²) in [6.07, 6.45) is 3.49. The first-order chi connectivity index (χ1) is 15.9. The summed E-state index contributed by atoms with van der Waals surface area (Å²) in [5.74, 6) is 0.745. The van der Waals surface area contributed by atoms with Crippen LogP contribution < -0.4 is 15.6 Å². The Bertz CT molecular complexity index is 1180. The van der Waals surface area contributed by atoms with Crippen LogP contribution in [0, 0.1) is 6.92 Å². The predicted molar refractivity (Wildman–Crippen MR) is 124 cm³/mol. The molecule has 0 spiro atoms. The van der Waals surface area contributed by atoms with Gasteiger partial charge in [0, 0.05) is 39.4 Å². The molecular formula is C24H30N4O5. The quantitative estimate of drug-likeness (QED) is 0.557. The van der Waals surface area contributed by atoms with Crippen molar-refractivity contribution in [2.24, 2.45) is 7.05 Å². The van der Waals surface area contributed by atoms with E-state index in [-0.39, 0.29) is 28.1 Å². The second-order valence-corrected chi connectivity index (χ2v) is 8.38. The minimum Gasteiger partial charge on any atom is -0.492 e. The van der Waals surface area contributed by atoms with Crippen LogP contribution in [0.1, 0.15) is 34.5 Å². The second-order valence-electron chi connectivity index (χ2n) is 8.38. The van der Waals surface area contributed by atoms with Gasteiger partial charge in [-0.3, -0.25) is 14.5 Å². The summed E-state index contributed by atoms with van der Waals surface area (Å²) in [6.45, 7) is 5.01. The van der Waals surface area contributed by atoms with E-state index in [1.54, 1.807) is 14.0 Å². The molecule has 1 amide bonds. The third kappa shape index (κ3) is 5.26. The lowest BCUT2D eigenvalue weighted by Crippen LogP contribution is -2.38. The molecule has 0 radical (unpaired) electrons. The van der Waals surface area contributed by atoms with Crippen LogP contribution >= 0.6 is 0 Å². The Kier molecular flexibility index (Phi) is 7.10. The van der Waals surface area contributed by atoms with Gasteiger partial charge in [-0.05, 0) is 44.5 Å². The molecule has 1 aliphatic heterocycles. The normalized spacial score (nSPS) is 14.7. The topological polar surface area (TPSA) is 98.8 Å². The molecule has 0 aliphatic carbocycles. The number of benzene rings is 1. The molecule has 4 rings (SSSR count). The minimum atomic E-state index is -0.374. The van der Waals surface area contributed by atoms with Gasteiger partial charge in [0.05, 0.1) is 5.56 Å². The van der Waals surface area contributed by atoms with Gasteiger partial charge in [-0.15, -0.1) is 0 Å². The molecule has 176 valence electrons. The van der Waals surface area contributed by atoms with Gasteiger partial charge in [-0.1, -0.05) is 12.1 Å². The number of hydrogen-bond donors (Lipinski definition) is 1. The first kappa shape index (κ1) is 23.0. The third-order valence-corrected chi connectivity index (χ3v) is 6.05. The molecule has 1 N–H and O–H groups in total. The summed E-state index contributed by atoms with van der Waals surface area (Å²) in [5, 5.41) is 3.07. The number of nitrogens with zero attached hydrogens (tertiary/aromatic N) is 3. The number of carbonyl (C=O) groups excluding carboxylic acids is 1. The highest BCUT2D eigenvalue weighted by Crippen LogP contribution is 2.21. The smallest absolute Gasteiger partial charge is 0.265 e. The molecule has 0 unspecified atom stereocenters. The summed E-state index contributed by atoms with van der Waals surface area (Å²) in [4.78, 5) is 31.8. The van der Waals surface area contributed by atoms with Crippen LogP contribution in [0.2, 0.25) is 0 Å². The molecule has 1 fully saturated rings. The van der Waals surface area contributed by atoms with E-state index in [1.165, 1.54) is 10.9 Å². The van der Waals surface area contributed by atoms with Crippen LogP contribution in [0.25, 0.3) is 11.1 Å². The van der Waals surface area contributed by atoms with Crippen molar-refractivity contribution in [3.63, 3.8) is 0 Å². The van der Waals surface area contributed by atoms with Crippen molar-refractivity contribution in [1.82, 2.24) is 19.8 Å². The molecule has 33 heavy (non-hydrogen) atoms. The van der Waals surface area contributed by atoms with E-state index in [1.807, 2.05) is 24.3 Å². The van der Waals surface area contributed by atoms with Crippen LogP contribution in [0.5, 0.6) is 5.75 Å². The molecule has 9 nitrogen and oxygen atoms in total. The predicted octanol–water partition coefficient (Wildman–Crippen LogP) is 2.25. The number of carbonyl (C=O) groups is 1. The van der Waals surface area contributed by atoms with E-state index in [9.17, 15) is 9.59 Å².